The molecule has 0 aromatic heterocycles. The minimum Gasteiger partial charge on any atom is -0.486 e. The third-order valence-electron chi connectivity index (χ3n) is 5.23. The number of fused-ring (bicyclic) bond motifs is 1. The first-order chi connectivity index (χ1) is 15.0. The number of carbonyl (C=O) groups is 1. The summed E-state index contributed by atoms with van der Waals surface area (Å²) in [6, 6.07) is 20.1. The van der Waals surface area contributed by atoms with Crippen LogP contribution in [0, 0.1) is 6.92 Å². The van der Waals surface area contributed by atoms with Crippen molar-refractivity contribution in [3.63, 3.8) is 0 Å². The molecule has 4 nitrogen and oxygen atoms in total. The molecule has 0 fully saturated rings. The van der Waals surface area contributed by atoms with E-state index in [1.807, 2.05) is 49.4 Å². The number of aryl methyl sites for hydroxylation is 2. The summed E-state index contributed by atoms with van der Waals surface area (Å²) in [5, 5.41) is 9.52. The monoisotopic (exact) mass is 454 g/mol. The number of ether oxygens (including phenoxy) is 2. The van der Waals surface area contributed by atoms with Crippen LogP contribution in [0.3, 0.4) is 0 Å². The lowest BCUT2D eigenvalue weighted by atomic mass is 10.1. The molecule has 1 atom stereocenters. The standard InChI is InChI=1S/C25H23ClO4S/c1-16-12-21(8-11-23(16)29-14-25(27)28)31-15-17-2-6-20(7-3-17)30-24-10-4-18-13-19(26)5-9-22(18)24/h2-3,5-9,11-13,24H,4,10,14-15H2,1H3,(H,27,28). The Labute approximate surface area is 191 Å². The highest BCUT2D eigenvalue weighted by atomic mass is 35.5. The van der Waals surface area contributed by atoms with Gasteiger partial charge in [-0.3, -0.25) is 0 Å². The fraction of sp³-hybridized carbons (Fsp3) is 0.240. The van der Waals surface area contributed by atoms with Crippen LogP contribution in [0.2, 0.25) is 5.02 Å². The Bertz CT molecular complexity index is 1080. The minimum atomic E-state index is -0.980. The van der Waals surface area contributed by atoms with E-state index < -0.39 is 5.97 Å². The number of aliphatic carboxylic acids is 1. The van der Waals surface area contributed by atoms with E-state index in [0.29, 0.717) is 5.75 Å². The maximum Gasteiger partial charge on any atom is 0.341 e. The van der Waals surface area contributed by atoms with Gasteiger partial charge in [-0.2, -0.15) is 0 Å². The van der Waals surface area contributed by atoms with E-state index in [4.69, 9.17) is 26.2 Å². The van der Waals surface area contributed by atoms with Crippen molar-refractivity contribution in [2.75, 3.05) is 6.61 Å². The van der Waals surface area contributed by atoms with Gasteiger partial charge < -0.3 is 14.6 Å². The average Bonchev–Trinajstić information content (AvgIpc) is 3.14. The Kier molecular flexibility index (Phi) is 6.73. The fourth-order valence-corrected chi connectivity index (χ4v) is 4.82. The van der Waals surface area contributed by atoms with Gasteiger partial charge in [0.25, 0.3) is 0 Å². The maximum absolute atomic E-state index is 10.7. The molecule has 3 aromatic carbocycles. The summed E-state index contributed by atoms with van der Waals surface area (Å²) in [5.41, 5.74) is 4.64. The molecule has 1 N–H and O–H groups in total. The third kappa shape index (κ3) is 5.54. The normalized spacial score (nSPS) is 14.8. The Morgan fingerprint density at radius 2 is 1.94 bits per heavy atom. The van der Waals surface area contributed by atoms with Gasteiger partial charge in [0.15, 0.2) is 6.61 Å². The molecular formula is C25H23ClO4S. The van der Waals surface area contributed by atoms with Crippen LogP contribution in [0.15, 0.2) is 65.6 Å². The van der Waals surface area contributed by atoms with Crippen molar-refractivity contribution in [3.8, 4) is 11.5 Å². The molecule has 0 saturated carbocycles. The molecule has 160 valence electrons. The predicted molar refractivity (Wildman–Crippen MR) is 123 cm³/mol. The van der Waals surface area contributed by atoms with Crippen LogP contribution < -0.4 is 9.47 Å². The topological polar surface area (TPSA) is 55.8 Å². The first-order valence-electron chi connectivity index (χ1n) is 10.1. The molecular weight excluding hydrogens is 432 g/mol. The van der Waals surface area contributed by atoms with Crippen molar-refractivity contribution < 1.29 is 19.4 Å². The van der Waals surface area contributed by atoms with Crippen molar-refractivity contribution in [1.29, 1.82) is 0 Å². The van der Waals surface area contributed by atoms with Gasteiger partial charge in [-0.25, -0.2) is 4.79 Å². The molecule has 31 heavy (non-hydrogen) atoms. The number of benzene rings is 3. The van der Waals surface area contributed by atoms with Crippen molar-refractivity contribution in [1.82, 2.24) is 0 Å². The van der Waals surface area contributed by atoms with Gasteiger partial charge >= 0.3 is 5.97 Å². The van der Waals surface area contributed by atoms with Crippen LogP contribution in [-0.2, 0) is 17.0 Å². The Hall–Kier alpha value is -2.63. The van der Waals surface area contributed by atoms with Crippen LogP contribution in [-0.4, -0.2) is 17.7 Å². The van der Waals surface area contributed by atoms with Crippen LogP contribution in [0.5, 0.6) is 11.5 Å². The van der Waals surface area contributed by atoms with Gasteiger partial charge in [-0.05, 0) is 84.5 Å². The van der Waals surface area contributed by atoms with Crippen molar-refractivity contribution >= 4 is 29.3 Å². The second kappa shape index (κ2) is 9.67. The highest BCUT2D eigenvalue weighted by Gasteiger charge is 2.24. The molecule has 1 aliphatic carbocycles. The summed E-state index contributed by atoms with van der Waals surface area (Å²) in [4.78, 5) is 11.8. The molecule has 0 amide bonds. The van der Waals surface area contributed by atoms with Crippen molar-refractivity contribution in [2.24, 2.45) is 0 Å². The number of thioether (sulfide) groups is 1. The molecule has 1 unspecified atom stereocenters. The van der Waals surface area contributed by atoms with Gasteiger partial charge in [0.05, 0.1) is 0 Å². The van der Waals surface area contributed by atoms with E-state index in [-0.39, 0.29) is 12.7 Å². The summed E-state index contributed by atoms with van der Waals surface area (Å²) < 4.78 is 11.5. The van der Waals surface area contributed by atoms with Crippen molar-refractivity contribution in [3.05, 3.63) is 87.9 Å². The smallest absolute Gasteiger partial charge is 0.341 e. The SMILES string of the molecule is Cc1cc(SCc2ccc(OC3CCc4cc(Cl)ccc43)cc2)ccc1OCC(=O)O. The Balaban J connectivity index is 1.32. The fourth-order valence-electron chi connectivity index (χ4n) is 3.68. The second-order valence-corrected chi connectivity index (χ2v) is 9.02. The minimum absolute atomic E-state index is 0.0809. The molecule has 0 bridgehead atoms. The number of hydrogen-bond acceptors (Lipinski definition) is 4. The molecule has 0 heterocycles. The molecule has 1 aliphatic rings. The second-order valence-electron chi connectivity index (χ2n) is 7.53. The van der Waals surface area contributed by atoms with E-state index in [2.05, 4.69) is 18.2 Å². The zero-order chi connectivity index (χ0) is 21.8. The average molecular weight is 455 g/mol. The zero-order valence-corrected chi connectivity index (χ0v) is 18.7. The Morgan fingerprint density at radius 3 is 2.68 bits per heavy atom. The number of halogens is 1. The van der Waals surface area contributed by atoms with Gasteiger partial charge in [0.2, 0.25) is 0 Å². The molecule has 0 saturated heterocycles. The molecule has 0 aliphatic heterocycles. The zero-order valence-electron chi connectivity index (χ0n) is 17.1. The van der Waals surface area contributed by atoms with Crippen LogP contribution in [0.25, 0.3) is 0 Å². The lowest BCUT2D eigenvalue weighted by Crippen LogP contribution is -2.09. The summed E-state index contributed by atoms with van der Waals surface area (Å²) in [6.45, 7) is 1.59. The third-order valence-corrected chi connectivity index (χ3v) is 6.53. The highest BCUT2D eigenvalue weighted by Crippen LogP contribution is 2.36. The van der Waals surface area contributed by atoms with Crippen molar-refractivity contribution in [2.45, 2.75) is 36.5 Å². The van der Waals surface area contributed by atoms with Crippen LogP contribution >= 0.6 is 23.4 Å². The number of carboxylic acid groups (broad SMARTS) is 1. The molecule has 3 aromatic rings. The summed E-state index contributed by atoms with van der Waals surface area (Å²) in [7, 11) is 0. The first kappa shape index (κ1) is 21.6. The largest absolute Gasteiger partial charge is 0.486 e. The number of hydrogen-bond donors (Lipinski definition) is 1. The lowest BCUT2D eigenvalue weighted by Gasteiger charge is -2.15. The number of carboxylic acids is 1. The lowest BCUT2D eigenvalue weighted by molar-refractivity contribution is -0.139. The predicted octanol–water partition coefficient (Wildman–Crippen LogP) is 6.47. The van der Waals surface area contributed by atoms with E-state index in [9.17, 15) is 4.79 Å². The van der Waals surface area contributed by atoms with E-state index in [0.717, 1.165) is 39.8 Å². The van der Waals surface area contributed by atoms with Gasteiger partial charge in [-0.15, -0.1) is 11.8 Å². The summed E-state index contributed by atoms with van der Waals surface area (Å²) >= 11 is 7.82. The maximum atomic E-state index is 10.7. The van der Waals surface area contributed by atoms with E-state index in [1.54, 1.807) is 11.8 Å². The number of rotatable bonds is 8. The van der Waals surface area contributed by atoms with Gasteiger partial charge in [0.1, 0.15) is 17.6 Å². The van der Waals surface area contributed by atoms with Crippen LogP contribution in [0.4, 0.5) is 0 Å². The van der Waals surface area contributed by atoms with Gasteiger partial charge in [0, 0.05) is 15.7 Å². The van der Waals surface area contributed by atoms with Crippen LogP contribution in [0.1, 0.15) is 34.8 Å². The first-order valence-corrected chi connectivity index (χ1v) is 11.5. The Morgan fingerprint density at radius 1 is 1.13 bits per heavy atom. The molecule has 0 spiro atoms. The molecule has 6 heteroatoms. The highest BCUT2D eigenvalue weighted by molar-refractivity contribution is 7.98. The van der Waals surface area contributed by atoms with E-state index in [1.165, 1.54) is 16.7 Å². The summed E-state index contributed by atoms with van der Waals surface area (Å²) in [6.07, 6.45) is 2.05. The molecule has 0 radical (unpaired) electrons. The van der Waals surface area contributed by atoms with Gasteiger partial charge in [-0.1, -0.05) is 29.8 Å². The molecule has 4 rings (SSSR count). The summed E-state index contributed by atoms with van der Waals surface area (Å²) in [5.74, 6) is 1.33. The quantitative estimate of drug-likeness (QED) is 0.395. The van der Waals surface area contributed by atoms with E-state index >= 15 is 0 Å².